The Morgan fingerprint density at radius 2 is 1.88 bits per heavy atom. The predicted molar refractivity (Wildman–Crippen MR) is 82.2 cm³/mol. The van der Waals surface area contributed by atoms with Gasteiger partial charge < -0.3 is 0 Å². The maximum absolute atomic E-state index is 12.4. The number of alkyl halides is 3. The third-order valence-corrected chi connectivity index (χ3v) is 5.24. The maximum atomic E-state index is 12.4. The van der Waals surface area contributed by atoms with Crippen molar-refractivity contribution in [3.63, 3.8) is 0 Å². The molecule has 0 fully saturated rings. The molecule has 1 aliphatic carbocycles. The van der Waals surface area contributed by atoms with Gasteiger partial charge >= 0.3 is 6.18 Å². The van der Waals surface area contributed by atoms with Crippen molar-refractivity contribution in [2.45, 2.75) is 43.3 Å². The van der Waals surface area contributed by atoms with Gasteiger partial charge in [-0.15, -0.1) is 0 Å². The van der Waals surface area contributed by atoms with Crippen molar-refractivity contribution in [3.05, 3.63) is 41.7 Å². The van der Waals surface area contributed by atoms with Crippen LogP contribution in [0.4, 0.5) is 18.9 Å². The van der Waals surface area contributed by atoms with Gasteiger partial charge in [0.05, 0.1) is 16.8 Å². The molecule has 24 heavy (non-hydrogen) atoms. The average molecular weight is 359 g/mol. The van der Waals surface area contributed by atoms with E-state index < -0.39 is 22.7 Å². The summed E-state index contributed by atoms with van der Waals surface area (Å²) in [5.74, 6) is 0. The number of sulfonamides is 1. The Morgan fingerprint density at radius 3 is 2.58 bits per heavy atom. The van der Waals surface area contributed by atoms with Crippen molar-refractivity contribution >= 4 is 15.7 Å². The number of anilines is 1. The van der Waals surface area contributed by atoms with Gasteiger partial charge in [-0.2, -0.15) is 18.3 Å². The number of hydrogen-bond acceptors (Lipinski definition) is 3. The second kappa shape index (κ2) is 6.12. The van der Waals surface area contributed by atoms with E-state index in [-0.39, 0.29) is 10.6 Å². The van der Waals surface area contributed by atoms with Crippen LogP contribution < -0.4 is 4.72 Å². The molecule has 2 aromatic rings. The molecular formula is C15H16F3N3O2S. The Morgan fingerprint density at radius 1 is 1.17 bits per heavy atom. The summed E-state index contributed by atoms with van der Waals surface area (Å²) >= 11 is 0. The minimum absolute atomic E-state index is 0.00280. The number of rotatable bonds is 4. The maximum Gasteiger partial charge on any atom is 0.408 e. The lowest BCUT2D eigenvalue weighted by molar-refractivity contribution is -0.142. The Hall–Kier alpha value is -2.03. The van der Waals surface area contributed by atoms with Crippen LogP contribution in [-0.2, 0) is 29.4 Å². The van der Waals surface area contributed by atoms with E-state index in [1.165, 1.54) is 6.07 Å². The van der Waals surface area contributed by atoms with Gasteiger partial charge in [0.25, 0.3) is 10.0 Å². The van der Waals surface area contributed by atoms with Crippen LogP contribution >= 0.6 is 0 Å². The van der Waals surface area contributed by atoms with Crippen LogP contribution in [0, 0.1) is 0 Å². The zero-order chi connectivity index (χ0) is 17.4. The number of hydrogen-bond donors (Lipinski definition) is 1. The number of halogens is 3. The van der Waals surface area contributed by atoms with Crippen LogP contribution in [0.15, 0.2) is 35.5 Å². The average Bonchev–Trinajstić information content (AvgIpc) is 2.91. The lowest BCUT2D eigenvalue weighted by atomic mass is 9.92. The highest BCUT2D eigenvalue weighted by atomic mass is 32.2. The molecule has 1 heterocycles. The Kier molecular flexibility index (Phi) is 4.29. The predicted octanol–water partition coefficient (Wildman–Crippen LogP) is 3.13. The van der Waals surface area contributed by atoms with Crippen molar-refractivity contribution in [1.29, 1.82) is 0 Å². The molecule has 0 spiro atoms. The van der Waals surface area contributed by atoms with E-state index in [9.17, 15) is 21.6 Å². The normalized spacial score (nSPS) is 15.1. The molecule has 1 aromatic heterocycles. The second-order valence-corrected chi connectivity index (χ2v) is 7.47. The van der Waals surface area contributed by atoms with Gasteiger partial charge in [0, 0.05) is 6.20 Å². The molecule has 3 rings (SSSR count). The van der Waals surface area contributed by atoms with Crippen molar-refractivity contribution in [2.75, 3.05) is 4.72 Å². The van der Waals surface area contributed by atoms with E-state index in [1.54, 1.807) is 12.1 Å². The zero-order valence-electron chi connectivity index (χ0n) is 12.7. The smallest absolute Gasteiger partial charge is 0.276 e. The molecule has 1 N–H and O–H groups in total. The molecule has 0 amide bonds. The first kappa shape index (κ1) is 16.8. The summed E-state index contributed by atoms with van der Waals surface area (Å²) in [6.45, 7) is -1.27. The first-order valence-electron chi connectivity index (χ1n) is 7.47. The summed E-state index contributed by atoms with van der Waals surface area (Å²) < 4.78 is 64.7. The van der Waals surface area contributed by atoms with Crippen LogP contribution in [0.1, 0.15) is 24.0 Å². The fourth-order valence-corrected chi connectivity index (χ4v) is 3.86. The molecule has 130 valence electrons. The molecule has 0 aliphatic heterocycles. The van der Waals surface area contributed by atoms with Crippen molar-refractivity contribution in [2.24, 2.45) is 0 Å². The highest BCUT2D eigenvalue weighted by molar-refractivity contribution is 7.92. The number of nitrogens with one attached hydrogen (secondary N) is 1. The fourth-order valence-electron chi connectivity index (χ4n) is 2.78. The molecule has 0 unspecified atom stereocenters. The Labute approximate surface area is 137 Å². The van der Waals surface area contributed by atoms with Gasteiger partial charge in [0.1, 0.15) is 6.54 Å². The van der Waals surface area contributed by atoms with Crippen LogP contribution in [0.25, 0.3) is 0 Å². The molecule has 1 aromatic carbocycles. The van der Waals surface area contributed by atoms with E-state index >= 15 is 0 Å². The quantitative estimate of drug-likeness (QED) is 0.912. The minimum atomic E-state index is -4.42. The highest BCUT2D eigenvalue weighted by Gasteiger charge is 2.28. The number of fused-ring (bicyclic) bond motifs is 1. The summed E-state index contributed by atoms with van der Waals surface area (Å²) in [5.41, 5.74) is 2.16. The van der Waals surface area contributed by atoms with Crippen LogP contribution in [0.5, 0.6) is 0 Å². The summed E-state index contributed by atoms with van der Waals surface area (Å²) in [6, 6.07) is 4.96. The van der Waals surface area contributed by atoms with E-state index in [1.807, 2.05) is 0 Å². The SMILES string of the molecule is O=S(=O)(Nc1cnn(CC(F)(F)F)c1)c1ccc2c(c1)CCCC2. The monoisotopic (exact) mass is 359 g/mol. The Bertz CT molecular complexity index is 844. The molecule has 1 aliphatic rings. The van der Waals surface area contributed by atoms with Gasteiger partial charge in [-0.3, -0.25) is 9.40 Å². The summed E-state index contributed by atoms with van der Waals surface area (Å²) in [6.07, 6.45) is 1.55. The highest BCUT2D eigenvalue weighted by Crippen LogP contribution is 2.25. The standard InChI is InChI=1S/C15H16F3N3O2S/c16-15(17,18)10-21-9-13(8-19-21)20-24(22,23)14-6-5-11-3-1-2-4-12(11)7-14/h5-9,20H,1-4,10H2. The summed E-state index contributed by atoms with van der Waals surface area (Å²) in [7, 11) is -3.86. The molecule has 0 saturated carbocycles. The van der Waals surface area contributed by atoms with Crippen molar-refractivity contribution < 1.29 is 21.6 Å². The summed E-state index contributed by atoms with van der Waals surface area (Å²) in [5, 5.41) is 3.52. The zero-order valence-corrected chi connectivity index (χ0v) is 13.5. The molecule has 0 saturated heterocycles. The van der Waals surface area contributed by atoms with Gasteiger partial charge in [-0.1, -0.05) is 6.07 Å². The molecular weight excluding hydrogens is 343 g/mol. The molecule has 0 atom stereocenters. The van der Waals surface area contributed by atoms with Crippen molar-refractivity contribution in [3.8, 4) is 0 Å². The first-order valence-corrected chi connectivity index (χ1v) is 8.95. The number of benzene rings is 1. The van der Waals surface area contributed by atoms with Crippen molar-refractivity contribution in [1.82, 2.24) is 9.78 Å². The van der Waals surface area contributed by atoms with E-state index in [4.69, 9.17) is 0 Å². The van der Waals surface area contributed by atoms with Gasteiger partial charge in [-0.25, -0.2) is 8.42 Å². The van der Waals surface area contributed by atoms with Crippen LogP contribution in [0.2, 0.25) is 0 Å². The third-order valence-electron chi connectivity index (χ3n) is 3.86. The number of aromatic nitrogens is 2. The molecule has 5 nitrogen and oxygen atoms in total. The molecule has 0 bridgehead atoms. The summed E-state index contributed by atoms with van der Waals surface area (Å²) in [4.78, 5) is 0.103. The van der Waals surface area contributed by atoms with Gasteiger partial charge in [0.15, 0.2) is 0 Å². The molecule has 9 heteroatoms. The van der Waals surface area contributed by atoms with E-state index in [0.717, 1.165) is 49.2 Å². The topological polar surface area (TPSA) is 64.0 Å². The second-order valence-electron chi connectivity index (χ2n) is 5.78. The first-order chi connectivity index (χ1) is 11.2. The Balaban J connectivity index is 1.79. The van der Waals surface area contributed by atoms with E-state index in [0.29, 0.717) is 4.68 Å². The van der Waals surface area contributed by atoms with Gasteiger partial charge in [-0.05, 0) is 48.9 Å². The third kappa shape index (κ3) is 3.89. The lowest BCUT2D eigenvalue weighted by Crippen LogP contribution is -2.18. The van der Waals surface area contributed by atoms with Gasteiger partial charge in [0.2, 0.25) is 0 Å². The molecule has 0 radical (unpaired) electrons. The largest absolute Gasteiger partial charge is 0.408 e. The van der Waals surface area contributed by atoms with E-state index in [2.05, 4.69) is 9.82 Å². The fraction of sp³-hybridized carbons (Fsp3) is 0.400. The minimum Gasteiger partial charge on any atom is -0.276 e. The lowest BCUT2D eigenvalue weighted by Gasteiger charge is -2.16. The van der Waals surface area contributed by atoms with Crippen LogP contribution in [-0.4, -0.2) is 24.4 Å². The van der Waals surface area contributed by atoms with Crippen LogP contribution in [0.3, 0.4) is 0 Å². The number of aryl methyl sites for hydroxylation is 2. The number of nitrogens with zero attached hydrogens (tertiary/aromatic N) is 2.